The van der Waals surface area contributed by atoms with Crippen LogP contribution in [0.4, 0.5) is 11.4 Å². The van der Waals surface area contributed by atoms with Gasteiger partial charge in [-0.2, -0.15) is 0 Å². The van der Waals surface area contributed by atoms with Gasteiger partial charge in [-0.05, 0) is 42.5 Å². The van der Waals surface area contributed by atoms with Crippen LogP contribution in [-0.2, 0) is 14.4 Å². The molecule has 0 saturated carbocycles. The summed E-state index contributed by atoms with van der Waals surface area (Å²) in [7, 11) is 0. The molecule has 3 atom stereocenters. The first kappa shape index (κ1) is 17.6. The predicted molar refractivity (Wildman–Crippen MR) is 96.2 cm³/mol. The zero-order chi connectivity index (χ0) is 18.1. The van der Waals surface area contributed by atoms with E-state index in [1.807, 2.05) is 0 Å². The van der Waals surface area contributed by atoms with E-state index in [0.717, 1.165) is 13.1 Å². The van der Waals surface area contributed by atoms with E-state index in [1.165, 1.54) is 18.2 Å². The van der Waals surface area contributed by atoms with Gasteiger partial charge < -0.3 is 5.32 Å². The Labute approximate surface area is 148 Å². The van der Waals surface area contributed by atoms with Crippen molar-refractivity contribution in [2.75, 3.05) is 23.3 Å². The third kappa shape index (κ3) is 3.74. The van der Waals surface area contributed by atoms with Gasteiger partial charge in [0, 0.05) is 25.7 Å². The van der Waals surface area contributed by atoms with Crippen molar-refractivity contribution in [1.29, 1.82) is 0 Å². The second-order valence-electron chi connectivity index (χ2n) is 7.42. The SMILES string of the molecule is CC(=O)Nc1ccc(N2C(=O)C[C@@H](N3C[C@H](C)C[C@@H](C)C3)C2=O)cc1. The van der Waals surface area contributed by atoms with Gasteiger partial charge in [-0.25, -0.2) is 4.90 Å². The van der Waals surface area contributed by atoms with Crippen LogP contribution in [-0.4, -0.2) is 41.8 Å². The van der Waals surface area contributed by atoms with E-state index in [4.69, 9.17) is 0 Å². The molecule has 1 aromatic rings. The molecule has 0 bridgehead atoms. The molecule has 25 heavy (non-hydrogen) atoms. The summed E-state index contributed by atoms with van der Waals surface area (Å²) in [6.45, 7) is 7.56. The molecule has 1 N–H and O–H groups in total. The van der Waals surface area contributed by atoms with Crippen LogP contribution in [0.3, 0.4) is 0 Å². The van der Waals surface area contributed by atoms with Crippen LogP contribution in [0.5, 0.6) is 0 Å². The highest BCUT2D eigenvalue weighted by Crippen LogP contribution is 2.30. The molecule has 2 saturated heterocycles. The van der Waals surface area contributed by atoms with Gasteiger partial charge in [0.2, 0.25) is 11.8 Å². The summed E-state index contributed by atoms with van der Waals surface area (Å²) in [6, 6.07) is 6.45. The smallest absolute Gasteiger partial charge is 0.251 e. The third-order valence-corrected chi connectivity index (χ3v) is 4.91. The Morgan fingerprint density at radius 1 is 1.08 bits per heavy atom. The molecule has 2 aliphatic heterocycles. The van der Waals surface area contributed by atoms with Gasteiger partial charge in [0.05, 0.1) is 18.2 Å². The van der Waals surface area contributed by atoms with Crippen molar-refractivity contribution in [3.63, 3.8) is 0 Å². The molecule has 0 aromatic heterocycles. The van der Waals surface area contributed by atoms with Crippen LogP contribution in [0, 0.1) is 11.8 Å². The predicted octanol–water partition coefficient (Wildman–Crippen LogP) is 2.25. The van der Waals surface area contributed by atoms with Crippen LogP contribution in [0.2, 0.25) is 0 Å². The van der Waals surface area contributed by atoms with Crippen LogP contribution in [0.25, 0.3) is 0 Å². The van der Waals surface area contributed by atoms with Gasteiger partial charge in [0.1, 0.15) is 0 Å². The fourth-order valence-electron chi connectivity index (χ4n) is 4.04. The molecule has 0 spiro atoms. The average molecular weight is 343 g/mol. The minimum Gasteiger partial charge on any atom is -0.326 e. The van der Waals surface area contributed by atoms with Gasteiger partial charge in [0.15, 0.2) is 0 Å². The van der Waals surface area contributed by atoms with E-state index in [-0.39, 0.29) is 30.2 Å². The number of benzene rings is 1. The van der Waals surface area contributed by atoms with Crippen molar-refractivity contribution in [2.24, 2.45) is 11.8 Å². The minimum absolute atomic E-state index is 0.140. The highest BCUT2D eigenvalue weighted by atomic mass is 16.2. The van der Waals surface area contributed by atoms with Crippen molar-refractivity contribution in [3.05, 3.63) is 24.3 Å². The van der Waals surface area contributed by atoms with Gasteiger partial charge in [0.25, 0.3) is 5.91 Å². The normalized spacial score (nSPS) is 27.6. The molecule has 2 aliphatic rings. The van der Waals surface area contributed by atoms with Crippen molar-refractivity contribution >= 4 is 29.1 Å². The molecule has 0 unspecified atom stereocenters. The maximum atomic E-state index is 12.9. The van der Waals surface area contributed by atoms with E-state index >= 15 is 0 Å². The lowest BCUT2D eigenvalue weighted by molar-refractivity contribution is -0.123. The first-order valence-electron chi connectivity index (χ1n) is 8.83. The molecule has 2 heterocycles. The molecule has 0 radical (unpaired) electrons. The number of hydrogen-bond acceptors (Lipinski definition) is 4. The van der Waals surface area contributed by atoms with E-state index in [9.17, 15) is 14.4 Å². The standard InChI is InChI=1S/C19H25N3O3/c1-12-8-13(2)11-21(10-12)17-9-18(24)22(19(17)25)16-6-4-15(5-7-16)20-14(3)23/h4-7,12-13,17H,8-11H2,1-3H3,(H,20,23)/t12-,13-,17-/m1/s1. The molecule has 1 aromatic carbocycles. The summed E-state index contributed by atoms with van der Waals surface area (Å²) < 4.78 is 0. The van der Waals surface area contributed by atoms with Crippen molar-refractivity contribution < 1.29 is 14.4 Å². The Bertz CT molecular complexity index is 676. The summed E-state index contributed by atoms with van der Waals surface area (Å²) >= 11 is 0. The molecular formula is C19H25N3O3. The molecule has 3 amide bonds. The molecule has 3 rings (SSSR count). The first-order chi connectivity index (χ1) is 11.8. The number of imide groups is 1. The number of piperidine rings is 1. The van der Waals surface area contributed by atoms with Crippen LogP contribution >= 0.6 is 0 Å². The molecule has 2 fully saturated rings. The second-order valence-corrected chi connectivity index (χ2v) is 7.42. The maximum absolute atomic E-state index is 12.9. The summed E-state index contributed by atoms with van der Waals surface area (Å²) in [5, 5.41) is 2.68. The molecule has 0 aliphatic carbocycles. The van der Waals surface area contributed by atoms with Crippen molar-refractivity contribution in [2.45, 2.75) is 39.7 Å². The summed E-state index contributed by atoms with van der Waals surface area (Å²) in [5.41, 5.74) is 1.20. The fraction of sp³-hybridized carbons (Fsp3) is 0.526. The molecule has 6 nitrogen and oxygen atoms in total. The summed E-state index contributed by atoms with van der Waals surface area (Å²) in [4.78, 5) is 39.9. The number of nitrogens with one attached hydrogen (secondary N) is 1. The second kappa shape index (κ2) is 6.96. The Morgan fingerprint density at radius 2 is 1.68 bits per heavy atom. The van der Waals surface area contributed by atoms with Gasteiger partial charge in [-0.3, -0.25) is 19.3 Å². The highest BCUT2D eigenvalue weighted by Gasteiger charge is 2.44. The van der Waals surface area contributed by atoms with E-state index < -0.39 is 0 Å². The summed E-state index contributed by atoms with van der Waals surface area (Å²) in [6.07, 6.45) is 1.41. The number of anilines is 2. The van der Waals surface area contributed by atoms with Crippen molar-refractivity contribution in [1.82, 2.24) is 4.90 Å². The lowest BCUT2D eigenvalue weighted by Gasteiger charge is -2.37. The lowest BCUT2D eigenvalue weighted by atomic mass is 9.90. The van der Waals surface area contributed by atoms with Gasteiger partial charge >= 0.3 is 0 Å². The maximum Gasteiger partial charge on any atom is 0.251 e. The largest absolute Gasteiger partial charge is 0.326 e. The number of carbonyl (C=O) groups is 3. The van der Waals surface area contributed by atoms with Gasteiger partial charge in [-0.15, -0.1) is 0 Å². The van der Waals surface area contributed by atoms with Crippen molar-refractivity contribution in [3.8, 4) is 0 Å². The highest BCUT2D eigenvalue weighted by molar-refractivity contribution is 6.22. The van der Waals surface area contributed by atoms with E-state index in [1.54, 1.807) is 24.3 Å². The van der Waals surface area contributed by atoms with Crippen LogP contribution < -0.4 is 10.2 Å². The zero-order valence-corrected chi connectivity index (χ0v) is 15.0. The van der Waals surface area contributed by atoms with Gasteiger partial charge in [-0.1, -0.05) is 13.8 Å². The zero-order valence-electron chi connectivity index (χ0n) is 15.0. The molecule has 6 heteroatoms. The fourth-order valence-corrected chi connectivity index (χ4v) is 4.04. The Kier molecular flexibility index (Phi) is 4.90. The first-order valence-corrected chi connectivity index (χ1v) is 8.83. The Morgan fingerprint density at radius 3 is 2.24 bits per heavy atom. The monoisotopic (exact) mass is 343 g/mol. The Balaban J connectivity index is 1.76. The number of amides is 3. The average Bonchev–Trinajstić information content (AvgIpc) is 2.82. The minimum atomic E-state index is -0.354. The quantitative estimate of drug-likeness (QED) is 0.855. The summed E-state index contributed by atoms with van der Waals surface area (Å²) in [5.74, 6) is 0.622. The number of rotatable bonds is 3. The number of carbonyl (C=O) groups excluding carboxylic acids is 3. The Hall–Kier alpha value is -2.21. The van der Waals surface area contributed by atoms with E-state index in [2.05, 4.69) is 24.1 Å². The number of nitrogens with zero attached hydrogens (tertiary/aromatic N) is 2. The van der Waals surface area contributed by atoms with Crippen LogP contribution in [0.15, 0.2) is 24.3 Å². The van der Waals surface area contributed by atoms with E-state index in [0.29, 0.717) is 23.2 Å². The number of likely N-dealkylation sites (tertiary alicyclic amines) is 1. The molecule has 134 valence electrons. The topological polar surface area (TPSA) is 69.7 Å². The molecular weight excluding hydrogens is 318 g/mol. The lowest BCUT2D eigenvalue weighted by Crippen LogP contribution is -2.48. The third-order valence-electron chi connectivity index (χ3n) is 4.91. The number of hydrogen-bond donors (Lipinski definition) is 1. The van der Waals surface area contributed by atoms with Crippen LogP contribution in [0.1, 0.15) is 33.6 Å².